The van der Waals surface area contributed by atoms with Crippen molar-refractivity contribution in [3.05, 3.63) is 23.8 Å². The molecule has 1 rings (SSSR count). The summed E-state index contributed by atoms with van der Waals surface area (Å²) >= 11 is 5.38. The summed E-state index contributed by atoms with van der Waals surface area (Å²) < 4.78 is 12.4. The molecule has 0 radical (unpaired) electrons. The molecule has 1 aliphatic heterocycles. The van der Waals surface area contributed by atoms with Gasteiger partial charge in [0.15, 0.2) is 5.50 Å². The van der Waals surface area contributed by atoms with Crippen LogP contribution in [0, 0.1) is 0 Å². The molecule has 1 atom stereocenters. The van der Waals surface area contributed by atoms with E-state index >= 15 is 0 Å². The zero-order valence-corrected chi connectivity index (χ0v) is 5.32. The molecule has 4 heteroatoms. The molecular formula is C5H6ClFN2. The van der Waals surface area contributed by atoms with Gasteiger partial charge in [0.05, 0.1) is 5.70 Å². The molecule has 0 spiro atoms. The molecule has 0 fully saturated rings. The van der Waals surface area contributed by atoms with Gasteiger partial charge in [0.25, 0.3) is 0 Å². The Morgan fingerprint density at radius 2 is 2.44 bits per heavy atom. The Balaban J connectivity index is 2.74. The maximum atomic E-state index is 12.4. The summed E-state index contributed by atoms with van der Waals surface area (Å²) in [4.78, 5) is 0. The minimum absolute atomic E-state index is 0.351. The predicted molar refractivity (Wildman–Crippen MR) is 34.2 cm³/mol. The molecule has 0 amide bonds. The Labute approximate surface area is 57.2 Å². The van der Waals surface area contributed by atoms with Crippen LogP contribution in [0.25, 0.3) is 0 Å². The summed E-state index contributed by atoms with van der Waals surface area (Å²) in [5.74, 6) is -0.448. The summed E-state index contributed by atoms with van der Waals surface area (Å²) in [7, 11) is 0. The van der Waals surface area contributed by atoms with Crippen molar-refractivity contribution in [2.75, 3.05) is 0 Å². The van der Waals surface area contributed by atoms with Gasteiger partial charge in [0.2, 0.25) is 0 Å². The van der Waals surface area contributed by atoms with Gasteiger partial charge >= 0.3 is 0 Å². The van der Waals surface area contributed by atoms with Crippen molar-refractivity contribution >= 4 is 11.6 Å². The lowest BCUT2D eigenvalue weighted by atomic mass is 10.3. The number of nitrogens with two attached hydrogens (primary N) is 1. The molecule has 0 bridgehead atoms. The van der Waals surface area contributed by atoms with Crippen LogP contribution in [0.5, 0.6) is 0 Å². The maximum absolute atomic E-state index is 12.4. The highest BCUT2D eigenvalue weighted by molar-refractivity contribution is 6.22. The smallest absolute Gasteiger partial charge is 0.153 e. The third kappa shape index (κ3) is 1.36. The molecule has 2 nitrogen and oxygen atoms in total. The first-order valence-corrected chi connectivity index (χ1v) is 2.86. The van der Waals surface area contributed by atoms with E-state index in [9.17, 15) is 4.39 Å². The minimum Gasteiger partial charge on any atom is -0.397 e. The summed E-state index contributed by atoms with van der Waals surface area (Å²) in [6, 6.07) is 0. The van der Waals surface area contributed by atoms with E-state index in [-0.39, 0.29) is 0 Å². The van der Waals surface area contributed by atoms with Crippen LogP contribution in [-0.2, 0) is 0 Å². The van der Waals surface area contributed by atoms with Crippen molar-refractivity contribution < 1.29 is 4.39 Å². The molecule has 0 saturated heterocycles. The molecule has 9 heavy (non-hydrogen) atoms. The number of allylic oxidation sites excluding steroid dienone is 1. The van der Waals surface area contributed by atoms with Gasteiger partial charge in [-0.1, -0.05) is 11.6 Å². The number of alkyl halides is 1. The number of hydrogen-bond acceptors (Lipinski definition) is 2. The molecule has 0 aromatic heterocycles. The van der Waals surface area contributed by atoms with Crippen LogP contribution in [-0.4, -0.2) is 5.50 Å². The lowest BCUT2D eigenvalue weighted by Gasteiger charge is -2.11. The topological polar surface area (TPSA) is 38.0 Å². The van der Waals surface area contributed by atoms with E-state index in [4.69, 9.17) is 17.3 Å². The quantitative estimate of drug-likeness (QED) is 0.394. The first-order valence-electron chi connectivity index (χ1n) is 2.43. The molecule has 1 aliphatic rings. The van der Waals surface area contributed by atoms with Gasteiger partial charge < -0.3 is 11.1 Å². The van der Waals surface area contributed by atoms with E-state index in [0.717, 1.165) is 0 Å². The van der Waals surface area contributed by atoms with Crippen LogP contribution in [0.4, 0.5) is 4.39 Å². The largest absolute Gasteiger partial charge is 0.397 e. The van der Waals surface area contributed by atoms with E-state index < -0.39 is 11.3 Å². The van der Waals surface area contributed by atoms with Crippen LogP contribution in [0.2, 0.25) is 0 Å². The van der Waals surface area contributed by atoms with Crippen molar-refractivity contribution in [3.63, 3.8) is 0 Å². The SMILES string of the molecule is NC1=CNC(Cl)C(F)=C1. The summed E-state index contributed by atoms with van der Waals surface area (Å²) in [5.41, 5.74) is 4.81. The van der Waals surface area contributed by atoms with Crippen molar-refractivity contribution in [2.24, 2.45) is 5.73 Å². The molecule has 50 valence electrons. The van der Waals surface area contributed by atoms with E-state index in [1.165, 1.54) is 12.3 Å². The zero-order chi connectivity index (χ0) is 6.85. The van der Waals surface area contributed by atoms with E-state index in [1.54, 1.807) is 0 Å². The van der Waals surface area contributed by atoms with Crippen LogP contribution < -0.4 is 11.1 Å². The lowest BCUT2D eigenvalue weighted by molar-refractivity contribution is 0.567. The number of nitrogens with one attached hydrogen (secondary N) is 1. The van der Waals surface area contributed by atoms with Gasteiger partial charge in [-0.2, -0.15) is 0 Å². The van der Waals surface area contributed by atoms with Crippen LogP contribution in [0.1, 0.15) is 0 Å². The normalized spacial score (nSPS) is 26.2. The average Bonchev–Trinajstić information content (AvgIpc) is 1.80. The van der Waals surface area contributed by atoms with Crippen molar-refractivity contribution in [2.45, 2.75) is 5.50 Å². The Bertz CT molecular complexity index is 176. The number of dihydropyridines is 1. The molecule has 3 N–H and O–H groups in total. The third-order valence-corrected chi connectivity index (χ3v) is 1.28. The Morgan fingerprint density at radius 3 is 2.89 bits per heavy atom. The van der Waals surface area contributed by atoms with Gasteiger partial charge in [-0.05, 0) is 6.08 Å². The predicted octanol–water partition coefficient (Wildman–Crippen LogP) is 0.808. The molecule has 0 aliphatic carbocycles. The lowest BCUT2D eigenvalue weighted by Crippen LogP contribution is -2.23. The average molecular weight is 149 g/mol. The number of rotatable bonds is 0. The summed E-state index contributed by atoms with van der Waals surface area (Å²) in [6.07, 6.45) is 2.65. The minimum atomic E-state index is -0.753. The monoisotopic (exact) mass is 148 g/mol. The molecule has 1 unspecified atom stereocenters. The van der Waals surface area contributed by atoms with Crippen LogP contribution in [0.15, 0.2) is 23.8 Å². The maximum Gasteiger partial charge on any atom is 0.153 e. The number of halogens is 2. The highest BCUT2D eigenvalue weighted by atomic mass is 35.5. The van der Waals surface area contributed by atoms with Gasteiger partial charge in [-0.15, -0.1) is 0 Å². The second-order valence-electron chi connectivity index (χ2n) is 1.70. The van der Waals surface area contributed by atoms with Crippen molar-refractivity contribution in [3.8, 4) is 0 Å². The fraction of sp³-hybridized carbons (Fsp3) is 0.200. The van der Waals surface area contributed by atoms with Crippen molar-refractivity contribution in [1.29, 1.82) is 0 Å². The second-order valence-corrected chi connectivity index (χ2v) is 2.14. The number of hydrogen-bond donors (Lipinski definition) is 2. The zero-order valence-electron chi connectivity index (χ0n) is 4.57. The standard InChI is InChI=1S/C5H6ClFN2/c6-5-4(7)1-3(8)2-9-5/h1-2,5,9H,8H2. The summed E-state index contributed by atoms with van der Waals surface area (Å²) in [5, 5.41) is 2.52. The first-order chi connectivity index (χ1) is 4.20. The van der Waals surface area contributed by atoms with Gasteiger partial charge in [0, 0.05) is 6.20 Å². The fourth-order valence-electron chi connectivity index (χ4n) is 0.523. The van der Waals surface area contributed by atoms with E-state index in [1.807, 2.05) is 0 Å². The molecule has 0 aromatic rings. The molecular weight excluding hydrogens is 143 g/mol. The van der Waals surface area contributed by atoms with Gasteiger partial charge in [-0.3, -0.25) is 0 Å². The highest BCUT2D eigenvalue weighted by Crippen LogP contribution is 2.13. The fourth-order valence-corrected chi connectivity index (χ4v) is 0.649. The molecule has 1 heterocycles. The van der Waals surface area contributed by atoms with Gasteiger partial charge in [0.1, 0.15) is 5.83 Å². The van der Waals surface area contributed by atoms with Gasteiger partial charge in [-0.25, -0.2) is 4.39 Å². The Hall–Kier alpha value is -0.700. The van der Waals surface area contributed by atoms with E-state index in [0.29, 0.717) is 5.70 Å². The first kappa shape index (κ1) is 6.42. The third-order valence-electron chi connectivity index (χ3n) is 0.943. The summed E-state index contributed by atoms with van der Waals surface area (Å²) in [6.45, 7) is 0. The Kier molecular flexibility index (Phi) is 1.62. The van der Waals surface area contributed by atoms with Crippen LogP contribution >= 0.6 is 11.6 Å². The van der Waals surface area contributed by atoms with E-state index in [2.05, 4.69) is 5.32 Å². The highest BCUT2D eigenvalue weighted by Gasteiger charge is 2.11. The molecule has 0 aromatic carbocycles. The second kappa shape index (κ2) is 2.27. The van der Waals surface area contributed by atoms with Crippen molar-refractivity contribution in [1.82, 2.24) is 5.32 Å². The van der Waals surface area contributed by atoms with Crippen LogP contribution in [0.3, 0.4) is 0 Å². The Morgan fingerprint density at radius 1 is 1.78 bits per heavy atom. The molecule has 0 saturated carbocycles.